The Hall–Kier alpha value is -0.570. The number of aliphatic hydroxyl groups excluding tert-OH is 3. The number of Topliss-reactive ketones (excluding diaryl/α,β-unsaturated/α-hetero) is 1. The molecule has 0 spiro atoms. The molecule has 1 heterocycles. The van der Waals surface area contributed by atoms with Crippen molar-refractivity contribution in [2.24, 2.45) is 11.8 Å². The fourth-order valence-electron chi connectivity index (χ4n) is 3.52. The van der Waals surface area contributed by atoms with Crippen LogP contribution in [-0.4, -0.2) is 69.1 Å². The van der Waals surface area contributed by atoms with Gasteiger partial charge in [0, 0.05) is 5.92 Å². The lowest BCUT2D eigenvalue weighted by atomic mass is 9.73. The molecule has 134 valence electrons. The summed E-state index contributed by atoms with van der Waals surface area (Å²) in [5.41, 5.74) is -0.954. The molecule has 1 saturated heterocycles. The molecular formula is C16H28O7. The van der Waals surface area contributed by atoms with E-state index in [-0.39, 0.29) is 12.0 Å². The van der Waals surface area contributed by atoms with Crippen molar-refractivity contribution < 1.29 is 34.7 Å². The maximum absolute atomic E-state index is 11.9. The first-order valence-electron chi connectivity index (χ1n) is 8.19. The molecule has 1 saturated carbocycles. The van der Waals surface area contributed by atoms with Crippen LogP contribution in [0.25, 0.3) is 0 Å². The summed E-state index contributed by atoms with van der Waals surface area (Å²) in [4.78, 5) is 11.9. The molecule has 0 aromatic carbocycles. The molecule has 2 rings (SSSR count). The van der Waals surface area contributed by atoms with E-state index in [1.807, 2.05) is 0 Å². The second kappa shape index (κ2) is 7.13. The highest BCUT2D eigenvalue weighted by Gasteiger charge is 2.47. The molecule has 0 aromatic rings. The van der Waals surface area contributed by atoms with E-state index in [4.69, 9.17) is 9.47 Å². The smallest absolute Gasteiger partial charge is 0.197 e. The lowest BCUT2D eigenvalue weighted by molar-refractivity contribution is -0.282. The highest BCUT2D eigenvalue weighted by atomic mass is 16.7. The molecule has 7 nitrogen and oxygen atoms in total. The Morgan fingerprint density at radius 2 is 1.91 bits per heavy atom. The van der Waals surface area contributed by atoms with Crippen LogP contribution in [0.1, 0.15) is 40.0 Å². The van der Waals surface area contributed by atoms with Crippen molar-refractivity contribution in [1.82, 2.24) is 0 Å². The third-order valence-electron chi connectivity index (χ3n) is 4.95. The number of hydrogen-bond acceptors (Lipinski definition) is 7. The highest BCUT2D eigenvalue weighted by Crippen LogP contribution is 2.38. The molecular weight excluding hydrogens is 304 g/mol. The number of ketones is 1. The van der Waals surface area contributed by atoms with Gasteiger partial charge in [0.05, 0.1) is 18.3 Å². The highest BCUT2D eigenvalue weighted by molar-refractivity contribution is 5.88. The molecule has 0 amide bonds. The maximum atomic E-state index is 11.9. The monoisotopic (exact) mass is 332 g/mol. The number of hydrogen-bond donors (Lipinski definition) is 4. The largest absolute Gasteiger partial charge is 0.394 e. The Morgan fingerprint density at radius 1 is 1.26 bits per heavy atom. The van der Waals surface area contributed by atoms with Crippen LogP contribution in [0.5, 0.6) is 0 Å². The number of aliphatic hydroxyl groups is 4. The molecule has 0 bridgehead atoms. The summed E-state index contributed by atoms with van der Waals surface area (Å²) in [6, 6.07) is 0. The van der Waals surface area contributed by atoms with Crippen molar-refractivity contribution in [1.29, 1.82) is 0 Å². The third-order valence-corrected chi connectivity index (χ3v) is 4.95. The van der Waals surface area contributed by atoms with E-state index in [1.165, 1.54) is 0 Å². The Kier molecular flexibility index (Phi) is 5.81. The summed E-state index contributed by atoms with van der Waals surface area (Å²) in [5, 5.41) is 39.2. The first-order valence-corrected chi connectivity index (χ1v) is 8.19. The van der Waals surface area contributed by atoms with E-state index in [0.717, 1.165) is 12.8 Å². The molecule has 2 aliphatic rings. The van der Waals surface area contributed by atoms with Gasteiger partial charge in [-0.25, -0.2) is 0 Å². The molecule has 0 radical (unpaired) electrons. The van der Waals surface area contributed by atoms with Gasteiger partial charge < -0.3 is 29.9 Å². The van der Waals surface area contributed by atoms with Crippen LogP contribution < -0.4 is 0 Å². The Labute approximate surface area is 136 Å². The van der Waals surface area contributed by atoms with Crippen LogP contribution in [-0.2, 0) is 14.3 Å². The fourth-order valence-corrected chi connectivity index (χ4v) is 3.52. The molecule has 7 heteroatoms. The van der Waals surface area contributed by atoms with Crippen LogP contribution in [0, 0.1) is 11.8 Å². The summed E-state index contributed by atoms with van der Waals surface area (Å²) in [6.07, 6.45) is -3.47. The summed E-state index contributed by atoms with van der Waals surface area (Å²) in [5.74, 6) is -0.567. The zero-order chi connectivity index (χ0) is 17.4. The summed E-state index contributed by atoms with van der Waals surface area (Å²) in [7, 11) is 0. The van der Waals surface area contributed by atoms with Gasteiger partial charge in [0.25, 0.3) is 0 Å². The normalized spacial score (nSPS) is 42.7. The van der Waals surface area contributed by atoms with Gasteiger partial charge in [-0.2, -0.15) is 0 Å². The van der Waals surface area contributed by atoms with E-state index < -0.39 is 42.6 Å². The van der Waals surface area contributed by atoms with Crippen molar-refractivity contribution >= 4 is 5.78 Å². The number of carbonyl (C=O) groups excluding carboxylic acids is 1. The number of carbonyl (C=O) groups is 1. The molecule has 23 heavy (non-hydrogen) atoms. The minimum Gasteiger partial charge on any atom is -0.394 e. The van der Waals surface area contributed by atoms with Gasteiger partial charge in [0.2, 0.25) is 0 Å². The molecule has 4 N–H and O–H groups in total. The van der Waals surface area contributed by atoms with E-state index in [9.17, 15) is 25.2 Å². The van der Waals surface area contributed by atoms with E-state index in [1.54, 1.807) is 13.8 Å². The molecule has 1 aliphatic carbocycles. The molecule has 7 atom stereocenters. The quantitative estimate of drug-likeness (QED) is 0.553. The Bertz CT molecular complexity index is 419. The van der Waals surface area contributed by atoms with Crippen molar-refractivity contribution in [3.63, 3.8) is 0 Å². The molecule has 0 aromatic heterocycles. The Morgan fingerprint density at radius 3 is 2.48 bits per heavy atom. The van der Waals surface area contributed by atoms with Crippen LogP contribution in [0.4, 0.5) is 0 Å². The predicted octanol–water partition coefficient (Wildman–Crippen LogP) is -0.413. The topological polar surface area (TPSA) is 116 Å². The minimum atomic E-state index is -1.60. The summed E-state index contributed by atoms with van der Waals surface area (Å²) < 4.78 is 11.2. The third kappa shape index (κ3) is 4.10. The second-order valence-electron chi connectivity index (χ2n) is 7.37. The van der Waals surface area contributed by atoms with E-state index in [2.05, 4.69) is 6.92 Å². The standard InChI is InChI=1S/C16H28O7/c1-8-4-5-9(16(2,3)21)10(6-8)22-15-14(20)13(19)12(18)11(7-17)23-15/h8-12,14-15,17-18,20-21H,4-7H2,1-3H3/t8-,9-,10+,11-,12-,14-,15-/m1/s1. The first-order chi connectivity index (χ1) is 10.6. The lowest BCUT2D eigenvalue weighted by Gasteiger charge is -2.44. The minimum absolute atomic E-state index is 0.149. The van der Waals surface area contributed by atoms with Crippen LogP contribution in [0.2, 0.25) is 0 Å². The zero-order valence-corrected chi connectivity index (χ0v) is 13.9. The van der Waals surface area contributed by atoms with E-state index in [0.29, 0.717) is 12.3 Å². The van der Waals surface area contributed by atoms with Gasteiger partial charge in [-0.3, -0.25) is 4.79 Å². The summed E-state index contributed by atoms with van der Waals surface area (Å²) in [6.45, 7) is 4.97. The van der Waals surface area contributed by atoms with Crippen LogP contribution in [0.15, 0.2) is 0 Å². The first kappa shape index (κ1) is 18.8. The summed E-state index contributed by atoms with van der Waals surface area (Å²) >= 11 is 0. The van der Waals surface area contributed by atoms with Gasteiger partial charge in [-0.05, 0) is 32.6 Å². The SMILES string of the molecule is C[C@@H]1CC[C@@H](C(C)(C)O)[C@@H](O[C@@H]2O[C@H](CO)[C@@H](O)C(=O)[C@H]2O)C1. The van der Waals surface area contributed by atoms with Gasteiger partial charge >= 0.3 is 0 Å². The molecule has 1 aliphatic heterocycles. The molecule has 2 fully saturated rings. The van der Waals surface area contributed by atoms with Crippen LogP contribution in [0.3, 0.4) is 0 Å². The number of ether oxygens (including phenoxy) is 2. The predicted molar refractivity (Wildman–Crippen MR) is 80.4 cm³/mol. The second-order valence-corrected chi connectivity index (χ2v) is 7.37. The number of rotatable bonds is 4. The van der Waals surface area contributed by atoms with Gasteiger partial charge in [-0.15, -0.1) is 0 Å². The van der Waals surface area contributed by atoms with Crippen molar-refractivity contribution in [2.75, 3.05) is 6.61 Å². The fraction of sp³-hybridized carbons (Fsp3) is 0.938. The molecule has 0 unspecified atom stereocenters. The average Bonchev–Trinajstić information content (AvgIpc) is 2.46. The van der Waals surface area contributed by atoms with Crippen LogP contribution >= 0.6 is 0 Å². The lowest BCUT2D eigenvalue weighted by Crippen LogP contribution is -2.58. The van der Waals surface area contributed by atoms with Crippen molar-refractivity contribution in [2.45, 2.75) is 76.3 Å². The van der Waals surface area contributed by atoms with Gasteiger partial charge in [-0.1, -0.05) is 13.3 Å². The van der Waals surface area contributed by atoms with Crippen molar-refractivity contribution in [3.05, 3.63) is 0 Å². The Balaban J connectivity index is 2.12. The van der Waals surface area contributed by atoms with Crippen molar-refractivity contribution in [3.8, 4) is 0 Å². The van der Waals surface area contributed by atoms with Gasteiger partial charge in [0.1, 0.15) is 12.2 Å². The maximum Gasteiger partial charge on any atom is 0.197 e. The van der Waals surface area contributed by atoms with Gasteiger partial charge in [0.15, 0.2) is 18.2 Å². The average molecular weight is 332 g/mol. The zero-order valence-electron chi connectivity index (χ0n) is 13.9. The van der Waals surface area contributed by atoms with E-state index >= 15 is 0 Å².